The molecule has 0 aliphatic heterocycles. The van der Waals surface area contributed by atoms with Gasteiger partial charge in [0, 0.05) is 17.0 Å². The fourth-order valence-electron chi connectivity index (χ4n) is 2.57. The number of halogens is 3. The average Bonchev–Trinajstić information content (AvgIpc) is 2.44. The van der Waals surface area contributed by atoms with Gasteiger partial charge in [0.1, 0.15) is 0 Å². The molecule has 0 radical (unpaired) electrons. The molecule has 2 aromatic rings. The molecule has 0 aliphatic carbocycles. The number of alkyl halides is 3. The number of benzene rings is 1. The zero-order valence-electron chi connectivity index (χ0n) is 12.6. The highest BCUT2D eigenvalue weighted by atomic mass is 19.4. The van der Waals surface area contributed by atoms with Crippen LogP contribution in [-0.4, -0.2) is 4.98 Å². The Kier molecular flexibility index (Phi) is 4.74. The highest BCUT2D eigenvalue weighted by molar-refractivity contribution is 5.86. The molecule has 0 aliphatic rings. The van der Waals surface area contributed by atoms with Gasteiger partial charge in [-0.2, -0.15) is 13.2 Å². The summed E-state index contributed by atoms with van der Waals surface area (Å²) in [4.78, 5) is 13.9. The van der Waals surface area contributed by atoms with E-state index in [1.807, 2.05) is 19.9 Å². The third-order valence-electron chi connectivity index (χ3n) is 3.49. The van der Waals surface area contributed by atoms with E-state index < -0.39 is 17.3 Å². The van der Waals surface area contributed by atoms with Gasteiger partial charge in [0.15, 0.2) is 0 Å². The van der Waals surface area contributed by atoms with Crippen LogP contribution in [0.5, 0.6) is 0 Å². The van der Waals surface area contributed by atoms with Crippen LogP contribution in [0.1, 0.15) is 44.2 Å². The second-order valence-corrected chi connectivity index (χ2v) is 5.19. The first-order valence-electron chi connectivity index (χ1n) is 7.30. The number of hydrogen-bond donors (Lipinski definition) is 1. The van der Waals surface area contributed by atoms with Crippen molar-refractivity contribution in [2.45, 2.75) is 39.3 Å². The molecular formula is C17H18F3NO. The Morgan fingerprint density at radius 1 is 1.23 bits per heavy atom. The van der Waals surface area contributed by atoms with Crippen LogP contribution in [0, 0.1) is 0 Å². The Morgan fingerprint density at radius 3 is 2.55 bits per heavy atom. The fourth-order valence-corrected chi connectivity index (χ4v) is 2.57. The van der Waals surface area contributed by atoms with Crippen molar-refractivity contribution in [3.8, 4) is 0 Å². The van der Waals surface area contributed by atoms with E-state index in [-0.39, 0.29) is 10.9 Å². The molecule has 0 amide bonds. The topological polar surface area (TPSA) is 32.9 Å². The second kappa shape index (κ2) is 6.38. The monoisotopic (exact) mass is 309 g/mol. The maximum Gasteiger partial charge on any atom is 0.417 e. The molecule has 0 unspecified atom stereocenters. The van der Waals surface area contributed by atoms with E-state index in [0.717, 1.165) is 30.4 Å². The summed E-state index contributed by atoms with van der Waals surface area (Å²) in [5.41, 5.74) is 0.377. The zero-order valence-corrected chi connectivity index (χ0v) is 12.6. The average molecular weight is 309 g/mol. The molecule has 118 valence electrons. The van der Waals surface area contributed by atoms with Gasteiger partial charge >= 0.3 is 6.18 Å². The van der Waals surface area contributed by atoms with Crippen LogP contribution in [0.25, 0.3) is 16.5 Å². The van der Waals surface area contributed by atoms with Crippen molar-refractivity contribution in [2.24, 2.45) is 0 Å². The first-order chi connectivity index (χ1) is 10.4. The molecule has 5 heteroatoms. The van der Waals surface area contributed by atoms with E-state index in [1.54, 1.807) is 12.1 Å². The van der Waals surface area contributed by atoms with Crippen LogP contribution in [0.4, 0.5) is 13.2 Å². The maximum absolute atomic E-state index is 13.2. The van der Waals surface area contributed by atoms with Gasteiger partial charge in [0.05, 0.1) is 5.56 Å². The van der Waals surface area contributed by atoms with Gasteiger partial charge in [0.25, 0.3) is 0 Å². The van der Waals surface area contributed by atoms with E-state index in [4.69, 9.17) is 0 Å². The predicted molar refractivity (Wildman–Crippen MR) is 82.7 cm³/mol. The number of pyridine rings is 1. The van der Waals surface area contributed by atoms with Crippen LogP contribution in [0.2, 0.25) is 0 Å². The second-order valence-electron chi connectivity index (χ2n) is 5.19. The molecule has 22 heavy (non-hydrogen) atoms. The lowest BCUT2D eigenvalue weighted by Gasteiger charge is -2.12. The number of H-pyrrole nitrogens is 1. The maximum atomic E-state index is 13.2. The number of aromatic amines is 1. The normalized spacial score (nSPS) is 12.9. The number of hydrogen-bond acceptors (Lipinski definition) is 1. The van der Waals surface area contributed by atoms with Gasteiger partial charge in [0.2, 0.25) is 5.56 Å². The quantitative estimate of drug-likeness (QED) is 0.833. The van der Waals surface area contributed by atoms with Crippen molar-refractivity contribution < 1.29 is 13.2 Å². The van der Waals surface area contributed by atoms with Gasteiger partial charge in [-0.25, -0.2) is 0 Å². The molecule has 1 N–H and O–H groups in total. The van der Waals surface area contributed by atoms with Crippen molar-refractivity contribution >= 4 is 16.5 Å². The SMILES string of the molecule is CC/C=C(/CCC)c1ccc2[nH]c(=O)cc(C(F)(F)F)c2c1. The number of nitrogens with one attached hydrogen (secondary N) is 1. The van der Waals surface area contributed by atoms with E-state index in [9.17, 15) is 18.0 Å². The van der Waals surface area contributed by atoms with Gasteiger partial charge in [-0.15, -0.1) is 0 Å². The molecule has 1 aromatic heterocycles. The zero-order chi connectivity index (χ0) is 16.3. The Labute approximate surface area is 126 Å². The molecule has 1 aromatic carbocycles. The Bertz CT molecular complexity index is 757. The highest BCUT2D eigenvalue weighted by Crippen LogP contribution is 2.34. The minimum Gasteiger partial charge on any atom is -0.322 e. The molecule has 0 saturated carbocycles. The van der Waals surface area contributed by atoms with Crippen molar-refractivity contribution in [1.82, 2.24) is 4.98 Å². The summed E-state index contributed by atoms with van der Waals surface area (Å²) in [6.07, 6.45) is 0.0327. The van der Waals surface area contributed by atoms with Gasteiger partial charge < -0.3 is 4.98 Å². The predicted octanol–water partition coefficient (Wildman–Crippen LogP) is 5.14. The summed E-state index contributed by atoms with van der Waals surface area (Å²) >= 11 is 0. The van der Waals surface area contributed by atoms with Crippen LogP contribution in [0.15, 0.2) is 35.1 Å². The Balaban J connectivity index is 2.70. The number of aromatic nitrogens is 1. The summed E-state index contributed by atoms with van der Waals surface area (Å²) in [5, 5.41) is 0.0303. The summed E-state index contributed by atoms with van der Waals surface area (Å²) in [6.45, 7) is 4.03. The van der Waals surface area contributed by atoms with Crippen LogP contribution < -0.4 is 5.56 Å². The molecule has 0 saturated heterocycles. The molecule has 0 bridgehead atoms. The molecule has 2 rings (SSSR count). The van der Waals surface area contributed by atoms with Crippen LogP contribution in [-0.2, 0) is 6.18 Å². The molecule has 0 spiro atoms. The largest absolute Gasteiger partial charge is 0.417 e. The lowest BCUT2D eigenvalue weighted by Crippen LogP contribution is -2.14. The van der Waals surface area contributed by atoms with Crippen molar-refractivity contribution in [3.63, 3.8) is 0 Å². The highest BCUT2D eigenvalue weighted by Gasteiger charge is 2.33. The molecule has 2 nitrogen and oxygen atoms in total. The first-order valence-corrected chi connectivity index (χ1v) is 7.30. The molecule has 0 fully saturated rings. The van der Waals surface area contributed by atoms with E-state index in [1.165, 1.54) is 6.07 Å². The first kappa shape index (κ1) is 16.3. The lowest BCUT2D eigenvalue weighted by atomic mass is 9.97. The number of fused-ring (bicyclic) bond motifs is 1. The number of rotatable bonds is 4. The van der Waals surface area contributed by atoms with Crippen LogP contribution in [0.3, 0.4) is 0 Å². The fraction of sp³-hybridized carbons (Fsp3) is 0.353. The molecular weight excluding hydrogens is 291 g/mol. The van der Waals surface area contributed by atoms with Crippen molar-refractivity contribution in [3.05, 3.63) is 51.8 Å². The third-order valence-corrected chi connectivity index (χ3v) is 3.49. The van der Waals surface area contributed by atoms with Gasteiger partial charge in [-0.05, 0) is 36.1 Å². The minimum absolute atomic E-state index is 0.0303. The van der Waals surface area contributed by atoms with E-state index in [0.29, 0.717) is 6.07 Å². The molecule has 0 atom stereocenters. The third kappa shape index (κ3) is 3.40. The smallest absolute Gasteiger partial charge is 0.322 e. The minimum atomic E-state index is -4.55. The lowest BCUT2D eigenvalue weighted by molar-refractivity contribution is -0.136. The summed E-state index contributed by atoms with van der Waals surface area (Å²) in [5.74, 6) is 0. The Morgan fingerprint density at radius 2 is 1.95 bits per heavy atom. The Hall–Kier alpha value is -2.04. The van der Waals surface area contributed by atoms with E-state index in [2.05, 4.69) is 4.98 Å². The molecule has 1 heterocycles. The van der Waals surface area contributed by atoms with Gasteiger partial charge in [-0.3, -0.25) is 4.79 Å². The van der Waals surface area contributed by atoms with Crippen molar-refractivity contribution in [1.29, 1.82) is 0 Å². The van der Waals surface area contributed by atoms with Crippen molar-refractivity contribution in [2.75, 3.05) is 0 Å². The summed E-state index contributed by atoms with van der Waals surface area (Å²) < 4.78 is 39.5. The van der Waals surface area contributed by atoms with Gasteiger partial charge in [-0.1, -0.05) is 32.4 Å². The van der Waals surface area contributed by atoms with Crippen LogP contribution >= 0.6 is 0 Å². The standard InChI is InChI=1S/C17H18F3NO/c1-3-5-11(6-4-2)12-7-8-15-13(9-12)14(17(18,19)20)10-16(22)21-15/h5,7-10H,3-4,6H2,1-2H3,(H,21,22)/b11-5-. The summed E-state index contributed by atoms with van der Waals surface area (Å²) in [7, 11) is 0. The number of allylic oxidation sites excluding steroid dienone is 2. The van der Waals surface area contributed by atoms with E-state index >= 15 is 0 Å². The summed E-state index contributed by atoms with van der Waals surface area (Å²) in [6, 6.07) is 5.44.